The standard InChI is InChI=1S/C23H38O6Si/c1-15-17-18(28-22(5,6)27-17)19(29-30(7,8)21(2,3)4)20(26-15)23(25,14-24)16-12-10-9-11-13-16/h9-13,15,17-20,24-25H,14H2,1-8H3/t15-,17-,18-,19+,20+,23-/m1/s1. The Morgan fingerprint density at radius 1 is 1.07 bits per heavy atom. The Labute approximate surface area is 181 Å². The van der Waals surface area contributed by atoms with Crippen molar-refractivity contribution in [2.24, 2.45) is 0 Å². The largest absolute Gasteiger partial charge is 0.408 e. The van der Waals surface area contributed by atoms with Crippen molar-refractivity contribution in [2.75, 3.05) is 6.61 Å². The van der Waals surface area contributed by atoms with E-state index in [1.54, 1.807) is 12.1 Å². The third kappa shape index (κ3) is 4.26. The van der Waals surface area contributed by atoms with Crippen molar-refractivity contribution >= 4 is 8.32 Å². The second kappa shape index (κ2) is 7.96. The van der Waals surface area contributed by atoms with E-state index >= 15 is 0 Å². The maximum atomic E-state index is 11.7. The minimum atomic E-state index is -2.26. The Morgan fingerprint density at radius 3 is 2.17 bits per heavy atom. The zero-order valence-electron chi connectivity index (χ0n) is 19.5. The molecule has 2 aliphatic rings. The van der Waals surface area contributed by atoms with E-state index in [1.807, 2.05) is 39.0 Å². The molecule has 2 saturated heterocycles. The minimum absolute atomic E-state index is 0.0465. The molecule has 3 rings (SSSR count). The zero-order chi connectivity index (χ0) is 22.5. The lowest BCUT2D eigenvalue weighted by molar-refractivity contribution is -0.246. The van der Waals surface area contributed by atoms with E-state index < -0.39 is 44.6 Å². The van der Waals surface area contributed by atoms with Crippen LogP contribution in [0.5, 0.6) is 0 Å². The number of aliphatic hydroxyl groups excluding tert-OH is 1. The van der Waals surface area contributed by atoms with Crippen LogP contribution in [0.15, 0.2) is 30.3 Å². The molecular weight excluding hydrogens is 400 g/mol. The maximum absolute atomic E-state index is 11.7. The smallest absolute Gasteiger partial charge is 0.192 e. The zero-order valence-corrected chi connectivity index (χ0v) is 20.5. The molecule has 0 aliphatic carbocycles. The molecule has 1 aromatic rings. The summed E-state index contributed by atoms with van der Waals surface area (Å²) in [6.07, 6.45) is -2.46. The second-order valence-corrected chi connectivity index (χ2v) is 15.4. The monoisotopic (exact) mass is 438 g/mol. The molecule has 0 spiro atoms. The van der Waals surface area contributed by atoms with Gasteiger partial charge in [-0.15, -0.1) is 0 Å². The molecule has 0 bridgehead atoms. The second-order valence-electron chi connectivity index (χ2n) is 10.6. The Bertz CT molecular complexity index is 731. The van der Waals surface area contributed by atoms with Crippen molar-refractivity contribution in [2.45, 2.75) is 102 Å². The van der Waals surface area contributed by atoms with Crippen LogP contribution in [0.1, 0.15) is 47.1 Å². The van der Waals surface area contributed by atoms with Gasteiger partial charge >= 0.3 is 0 Å². The molecule has 2 aliphatic heterocycles. The van der Waals surface area contributed by atoms with Gasteiger partial charge in [0.15, 0.2) is 14.1 Å². The van der Waals surface area contributed by atoms with Gasteiger partial charge in [0.2, 0.25) is 0 Å². The number of hydrogen-bond acceptors (Lipinski definition) is 6. The fraction of sp³-hybridized carbons (Fsp3) is 0.739. The number of aliphatic hydroxyl groups is 2. The number of rotatable bonds is 5. The number of ether oxygens (including phenoxy) is 3. The van der Waals surface area contributed by atoms with Gasteiger partial charge in [0.1, 0.15) is 30.0 Å². The molecular formula is C23H38O6Si. The maximum Gasteiger partial charge on any atom is 0.192 e. The lowest BCUT2D eigenvalue weighted by Crippen LogP contribution is -2.66. The summed E-state index contributed by atoms with van der Waals surface area (Å²) in [5, 5.41) is 22.0. The van der Waals surface area contributed by atoms with Crippen LogP contribution in [0.3, 0.4) is 0 Å². The van der Waals surface area contributed by atoms with Gasteiger partial charge in [0, 0.05) is 0 Å². The van der Waals surface area contributed by atoms with Gasteiger partial charge in [-0.05, 0) is 44.5 Å². The molecule has 0 unspecified atom stereocenters. The summed E-state index contributed by atoms with van der Waals surface area (Å²) in [6, 6.07) is 9.16. The van der Waals surface area contributed by atoms with Crippen molar-refractivity contribution in [3.63, 3.8) is 0 Å². The summed E-state index contributed by atoms with van der Waals surface area (Å²) in [5.41, 5.74) is -1.05. The van der Waals surface area contributed by atoms with Gasteiger partial charge in [0.25, 0.3) is 0 Å². The summed E-state index contributed by atoms with van der Waals surface area (Å²) in [4.78, 5) is 0. The molecule has 170 valence electrons. The van der Waals surface area contributed by atoms with E-state index in [9.17, 15) is 10.2 Å². The van der Waals surface area contributed by atoms with Gasteiger partial charge in [0.05, 0.1) is 12.7 Å². The summed E-state index contributed by atoms with van der Waals surface area (Å²) in [5.74, 6) is -0.777. The molecule has 30 heavy (non-hydrogen) atoms. The molecule has 2 fully saturated rings. The highest BCUT2D eigenvalue weighted by Gasteiger charge is 2.60. The lowest BCUT2D eigenvalue weighted by atomic mass is 9.81. The number of fused-ring (bicyclic) bond motifs is 1. The predicted molar refractivity (Wildman–Crippen MR) is 118 cm³/mol. The molecule has 0 amide bonds. The van der Waals surface area contributed by atoms with Crippen LogP contribution >= 0.6 is 0 Å². The number of benzene rings is 1. The summed E-state index contributed by atoms with van der Waals surface area (Å²) in [6.45, 7) is 16.0. The van der Waals surface area contributed by atoms with Gasteiger partial charge in [-0.25, -0.2) is 0 Å². The van der Waals surface area contributed by atoms with E-state index in [2.05, 4.69) is 33.9 Å². The highest BCUT2D eigenvalue weighted by molar-refractivity contribution is 6.74. The van der Waals surface area contributed by atoms with Crippen molar-refractivity contribution in [3.8, 4) is 0 Å². The Balaban J connectivity index is 2.07. The normalized spacial score (nSPS) is 33.7. The molecule has 6 nitrogen and oxygen atoms in total. The predicted octanol–water partition coefficient (Wildman–Crippen LogP) is 3.56. The lowest BCUT2D eigenvalue weighted by Gasteiger charge is -2.51. The first-order chi connectivity index (χ1) is 13.7. The van der Waals surface area contributed by atoms with E-state index in [0.717, 1.165) is 0 Å². The SMILES string of the molecule is C[C@H]1O[C@H]([C@@](O)(CO)c2ccccc2)[C@@H](O[Si](C)(C)C(C)(C)C)[C@@H]2OC(C)(C)O[C@@H]21. The average Bonchev–Trinajstić information content (AvgIpc) is 2.99. The van der Waals surface area contributed by atoms with Gasteiger partial charge in [-0.1, -0.05) is 51.1 Å². The first-order valence-corrected chi connectivity index (χ1v) is 13.7. The molecule has 2 heterocycles. The quantitative estimate of drug-likeness (QED) is 0.685. The first-order valence-electron chi connectivity index (χ1n) is 10.8. The van der Waals surface area contributed by atoms with Gasteiger partial charge in [-0.3, -0.25) is 0 Å². The van der Waals surface area contributed by atoms with Crippen LogP contribution in [0.25, 0.3) is 0 Å². The Morgan fingerprint density at radius 2 is 1.63 bits per heavy atom. The van der Waals surface area contributed by atoms with Crippen molar-refractivity contribution < 1.29 is 28.8 Å². The van der Waals surface area contributed by atoms with Gasteiger partial charge < -0.3 is 28.8 Å². The molecule has 7 heteroatoms. The van der Waals surface area contributed by atoms with Crippen LogP contribution in [0.2, 0.25) is 18.1 Å². The highest BCUT2D eigenvalue weighted by atomic mass is 28.4. The fourth-order valence-electron chi connectivity index (χ4n) is 4.10. The first kappa shape index (κ1) is 23.9. The van der Waals surface area contributed by atoms with Crippen molar-refractivity contribution in [1.82, 2.24) is 0 Å². The molecule has 2 N–H and O–H groups in total. The summed E-state index contributed by atoms with van der Waals surface area (Å²) in [7, 11) is -2.26. The fourth-order valence-corrected chi connectivity index (χ4v) is 5.39. The minimum Gasteiger partial charge on any atom is -0.408 e. The molecule has 1 aromatic carbocycles. The molecule has 0 radical (unpaired) electrons. The van der Waals surface area contributed by atoms with E-state index in [4.69, 9.17) is 18.6 Å². The van der Waals surface area contributed by atoms with Crippen LogP contribution in [-0.4, -0.2) is 61.4 Å². The topological polar surface area (TPSA) is 77.4 Å². The third-order valence-corrected chi connectivity index (χ3v) is 11.3. The van der Waals surface area contributed by atoms with Crippen LogP contribution in [0.4, 0.5) is 0 Å². The Kier molecular flexibility index (Phi) is 6.33. The molecule has 0 aromatic heterocycles. The Hall–Kier alpha value is -0.803. The summed E-state index contributed by atoms with van der Waals surface area (Å²) >= 11 is 0. The van der Waals surface area contributed by atoms with E-state index in [1.165, 1.54) is 0 Å². The third-order valence-electron chi connectivity index (χ3n) is 6.83. The van der Waals surface area contributed by atoms with E-state index in [0.29, 0.717) is 5.56 Å². The summed E-state index contributed by atoms with van der Waals surface area (Å²) < 4.78 is 25.6. The average molecular weight is 439 g/mol. The highest BCUT2D eigenvalue weighted by Crippen LogP contribution is 2.46. The van der Waals surface area contributed by atoms with Gasteiger partial charge in [-0.2, -0.15) is 0 Å². The van der Waals surface area contributed by atoms with Crippen LogP contribution in [0, 0.1) is 0 Å². The molecule has 6 atom stereocenters. The van der Waals surface area contributed by atoms with Crippen LogP contribution < -0.4 is 0 Å². The van der Waals surface area contributed by atoms with Crippen LogP contribution in [-0.2, 0) is 24.2 Å². The number of hydrogen-bond donors (Lipinski definition) is 2. The van der Waals surface area contributed by atoms with Crippen molar-refractivity contribution in [3.05, 3.63) is 35.9 Å². The molecule has 0 saturated carbocycles. The van der Waals surface area contributed by atoms with E-state index in [-0.39, 0.29) is 17.2 Å². The van der Waals surface area contributed by atoms with Crippen molar-refractivity contribution in [1.29, 1.82) is 0 Å².